The summed E-state index contributed by atoms with van der Waals surface area (Å²) in [6.07, 6.45) is 0.330. The molecule has 162 valence electrons. The van der Waals surface area contributed by atoms with Crippen LogP contribution in [0.15, 0.2) is 51.8 Å². The van der Waals surface area contributed by atoms with E-state index in [9.17, 15) is 9.59 Å². The first-order valence-corrected chi connectivity index (χ1v) is 10.7. The number of hydrogen-bond acceptors (Lipinski definition) is 6. The smallest absolute Gasteiger partial charge is 0.272 e. The van der Waals surface area contributed by atoms with Gasteiger partial charge in [-0.25, -0.2) is 4.98 Å². The molecule has 1 atom stereocenters. The lowest BCUT2D eigenvalue weighted by Gasteiger charge is -2.16. The zero-order valence-corrected chi connectivity index (χ0v) is 18.2. The maximum Gasteiger partial charge on any atom is 0.272 e. The molecule has 5 rings (SSSR count). The van der Waals surface area contributed by atoms with Gasteiger partial charge in [-0.2, -0.15) is 4.98 Å². The van der Waals surface area contributed by atoms with Gasteiger partial charge in [-0.15, -0.1) is 0 Å². The molecule has 0 spiro atoms. The van der Waals surface area contributed by atoms with Crippen molar-refractivity contribution in [2.45, 2.75) is 39.7 Å². The summed E-state index contributed by atoms with van der Waals surface area (Å²) in [5, 5.41) is 4.14. The van der Waals surface area contributed by atoms with Crippen LogP contribution in [0.4, 0.5) is 5.69 Å². The zero-order chi connectivity index (χ0) is 22.4. The maximum absolute atomic E-state index is 12.6. The fourth-order valence-electron chi connectivity index (χ4n) is 4.19. The van der Waals surface area contributed by atoms with Crippen molar-refractivity contribution in [1.82, 2.24) is 19.7 Å². The average molecular weight is 429 g/mol. The summed E-state index contributed by atoms with van der Waals surface area (Å²) in [5.41, 5.74) is 4.61. The normalized spacial score (nSPS) is 16.3. The first-order valence-electron chi connectivity index (χ1n) is 10.7. The monoisotopic (exact) mass is 429 g/mol. The van der Waals surface area contributed by atoms with E-state index in [1.165, 1.54) is 0 Å². The largest absolute Gasteiger partial charge is 0.339 e. The minimum atomic E-state index is -0.156. The minimum Gasteiger partial charge on any atom is -0.339 e. The van der Waals surface area contributed by atoms with E-state index in [1.54, 1.807) is 16.4 Å². The van der Waals surface area contributed by atoms with Gasteiger partial charge in [-0.05, 0) is 51.1 Å². The second-order valence-corrected chi connectivity index (χ2v) is 8.15. The number of carbonyl (C=O) groups is 1. The Morgan fingerprint density at radius 3 is 2.59 bits per heavy atom. The Hall–Kier alpha value is -3.81. The van der Waals surface area contributed by atoms with E-state index in [0.717, 1.165) is 22.3 Å². The van der Waals surface area contributed by atoms with E-state index in [-0.39, 0.29) is 17.4 Å². The molecule has 0 saturated carbocycles. The number of fused-ring (bicyclic) bond motifs is 1. The Kier molecular flexibility index (Phi) is 4.84. The molecule has 32 heavy (non-hydrogen) atoms. The lowest BCUT2D eigenvalue weighted by Crippen LogP contribution is -2.24. The van der Waals surface area contributed by atoms with E-state index < -0.39 is 0 Å². The summed E-state index contributed by atoms with van der Waals surface area (Å²) >= 11 is 0. The second-order valence-electron chi connectivity index (χ2n) is 8.15. The predicted molar refractivity (Wildman–Crippen MR) is 121 cm³/mol. The van der Waals surface area contributed by atoms with Crippen LogP contribution in [-0.2, 0) is 11.3 Å². The number of benzene rings is 2. The lowest BCUT2D eigenvalue weighted by atomic mass is 10.1. The predicted octanol–water partition coefficient (Wildman–Crippen LogP) is 3.60. The minimum absolute atomic E-state index is 0.0431. The molecule has 2 aromatic heterocycles. The first kappa shape index (κ1) is 20.1. The van der Waals surface area contributed by atoms with E-state index in [4.69, 9.17) is 4.52 Å². The van der Waals surface area contributed by atoms with Crippen LogP contribution in [0.25, 0.3) is 22.4 Å². The number of anilines is 1. The fraction of sp³-hybridized carbons (Fsp3) is 0.292. The number of nitrogens with zero attached hydrogens (tertiary/aromatic N) is 5. The Morgan fingerprint density at radius 2 is 1.84 bits per heavy atom. The van der Waals surface area contributed by atoms with Gasteiger partial charge in [-0.3, -0.25) is 9.59 Å². The van der Waals surface area contributed by atoms with Crippen molar-refractivity contribution in [2.24, 2.45) is 0 Å². The van der Waals surface area contributed by atoms with Crippen molar-refractivity contribution in [2.75, 3.05) is 11.4 Å². The van der Waals surface area contributed by atoms with Gasteiger partial charge in [0.05, 0.1) is 17.0 Å². The molecular formula is C24H23N5O3. The van der Waals surface area contributed by atoms with Gasteiger partial charge in [0, 0.05) is 30.8 Å². The highest BCUT2D eigenvalue weighted by molar-refractivity contribution is 5.96. The average Bonchev–Trinajstić information content (AvgIpc) is 3.42. The van der Waals surface area contributed by atoms with Gasteiger partial charge in [0.25, 0.3) is 5.56 Å². The van der Waals surface area contributed by atoms with Crippen molar-refractivity contribution in [3.8, 4) is 11.4 Å². The molecule has 1 amide bonds. The number of hydrogen-bond donors (Lipinski definition) is 0. The number of amides is 1. The highest BCUT2D eigenvalue weighted by Crippen LogP contribution is 2.32. The van der Waals surface area contributed by atoms with Crippen molar-refractivity contribution < 1.29 is 9.32 Å². The summed E-state index contributed by atoms with van der Waals surface area (Å²) in [4.78, 5) is 35.7. The molecule has 1 aliphatic rings. The molecule has 3 heterocycles. The van der Waals surface area contributed by atoms with E-state index in [1.807, 2.05) is 56.3 Å². The molecule has 1 unspecified atom stereocenters. The Bertz CT molecular complexity index is 1390. The summed E-state index contributed by atoms with van der Waals surface area (Å²) in [6.45, 7) is 6.73. The molecule has 4 aromatic rings. The van der Waals surface area contributed by atoms with E-state index >= 15 is 0 Å². The Labute approximate surface area is 184 Å². The number of rotatable bonds is 4. The molecule has 8 nitrogen and oxygen atoms in total. The van der Waals surface area contributed by atoms with Crippen LogP contribution in [0, 0.1) is 13.8 Å². The SMILES string of the molecule is CCn1c(=O)c(C)nc2cc(-c3noc(C4CC(=O)N(c5ccc(C)cc5)C4)n3)ccc21. The van der Waals surface area contributed by atoms with Crippen LogP contribution in [-0.4, -0.2) is 32.1 Å². The topological polar surface area (TPSA) is 94.1 Å². The summed E-state index contributed by atoms with van der Waals surface area (Å²) in [7, 11) is 0. The molecule has 1 fully saturated rings. The quantitative estimate of drug-likeness (QED) is 0.492. The molecule has 0 aliphatic carbocycles. The molecule has 0 radical (unpaired) electrons. The highest BCUT2D eigenvalue weighted by Gasteiger charge is 2.35. The molecule has 0 N–H and O–H groups in total. The van der Waals surface area contributed by atoms with Crippen LogP contribution >= 0.6 is 0 Å². The number of carbonyl (C=O) groups excluding carboxylic acids is 1. The van der Waals surface area contributed by atoms with Gasteiger partial charge in [0.2, 0.25) is 17.6 Å². The van der Waals surface area contributed by atoms with E-state index in [2.05, 4.69) is 15.1 Å². The second kappa shape index (κ2) is 7.71. The van der Waals surface area contributed by atoms with Crippen molar-refractivity contribution in [1.29, 1.82) is 0 Å². The van der Waals surface area contributed by atoms with E-state index in [0.29, 0.717) is 42.4 Å². The summed E-state index contributed by atoms with van der Waals surface area (Å²) in [6, 6.07) is 13.5. The lowest BCUT2D eigenvalue weighted by molar-refractivity contribution is -0.117. The van der Waals surface area contributed by atoms with Crippen LogP contribution in [0.1, 0.15) is 36.4 Å². The van der Waals surface area contributed by atoms with Crippen LogP contribution in [0.5, 0.6) is 0 Å². The summed E-state index contributed by atoms with van der Waals surface area (Å²) < 4.78 is 7.24. The maximum atomic E-state index is 12.6. The third kappa shape index (κ3) is 3.37. The standard InChI is InChI=1S/C24H23N5O3/c1-4-28-20-10-7-16(11-19(20)25-15(3)24(28)31)22-26-23(32-27-22)17-12-21(30)29(13-17)18-8-5-14(2)6-9-18/h5-11,17H,4,12-13H2,1-3H3. The molecule has 1 aliphatic heterocycles. The molecule has 8 heteroatoms. The number of aromatic nitrogens is 4. The van der Waals surface area contributed by atoms with Gasteiger partial charge >= 0.3 is 0 Å². The third-order valence-corrected chi connectivity index (χ3v) is 5.95. The Morgan fingerprint density at radius 1 is 1.06 bits per heavy atom. The van der Waals surface area contributed by atoms with Gasteiger partial charge in [-0.1, -0.05) is 22.9 Å². The molecule has 1 saturated heterocycles. The van der Waals surface area contributed by atoms with Gasteiger partial charge in [0.15, 0.2) is 0 Å². The van der Waals surface area contributed by atoms with Crippen LogP contribution in [0.3, 0.4) is 0 Å². The van der Waals surface area contributed by atoms with Gasteiger partial charge in [0.1, 0.15) is 5.69 Å². The van der Waals surface area contributed by atoms with Gasteiger partial charge < -0.3 is 14.0 Å². The zero-order valence-electron chi connectivity index (χ0n) is 18.2. The third-order valence-electron chi connectivity index (χ3n) is 5.95. The summed E-state index contributed by atoms with van der Waals surface area (Å²) in [5.74, 6) is 0.778. The molecule has 0 bridgehead atoms. The molecular weight excluding hydrogens is 406 g/mol. The van der Waals surface area contributed by atoms with Crippen LogP contribution < -0.4 is 10.5 Å². The van der Waals surface area contributed by atoms with Crippen molar-refractivity contribution in [3.05, 3.63) is 70.0 Å². The molecule has 2 aromatic carbocycles. The first-order chi connectivity index (χ1) is 15.4. The van der Waals surface area contributed by atoms with Crippen LogP contribution in [0.2, 0.25) is 0 Å². The highest BCUT2D eigenvalue weighted by atomic mass is 16.5. The fourth-order valence-corrected chi connectivity index (χ4v) is 4.19. The Balaban J connectivity index is 1.43. The number of aryl methyl sites for hydroxylation is 3. The van der Waals surface area contributed by atoms with Crippen molar-refractivity contribution in [3.63, 3.8) is 0 Å². The van der Waals surface area contributed by atoms with Crippen molar-refractivity contribution >= 4 is 22.6 Å².